The van der Waals surface area contributed by atoms with Crippen molar-refractivity contribution in [3.05, 3.63) is 10.1 Å². The molecule has 2 atom stereocenters. The van der Waals surface area contributed by atoms with Gasteiger partial charge in [0.2, 0.25) is 5.91 Å². The Bertz CT molecular complexity index is 382. The van der Waals surface area contributed by atoms with Crippen LogP contribution in [-0.2, 0) is 4.79 Å². The van der Waals surface area contributed by atoms with Crippen molar-refractivity contribution in [3.63, 3.8) is 0 Å². The van der Waals surface area contributed by atoms with Gasteiger partial charge in [-0.05, 0) is 32.2 Å². The number of hydrogen-bond acceptors (Lipinski definition) is 6. The van der Waals surface area contributed by atoms with Gasteiger partial charge in [0.05, 0.1) is 6.04 Å². The monoisotopic (exact) mass is 301 g/mol. The maximum Gasteiger partial charge on any atom is 0.251 e. The minimum Gasteiger partial charge on any atom is -0.365 e. The Kier molecular flexibility index (Phi) is 7.40. The van der Waals surface area contributed by atoms with Crippen LogP contribution in [0.2, 0.25) is 0 Å². The molecule has 0 aliphatic carbocycles. The smallest absolute Gasteiger partial charge is 0.251 e. The molecule has 0 aromatic heterocycles. The normalized spacial score (nSPS) is 20.6. The molecule has 1 rings (SSSR count). The number of amides is 1. The predicted octanol–water partition coefficient (Wildman–Crippen LogP) is -1.94. The SMILES string of the molecule is NC(=NCCC[C@H](N)C(=O)N[C@@H]1CCCNC1)N[N+](=O)[O-]. The van der Waals surface area contributed by atoms with E-state index in [4.69, 9.17) is 11.5 Å². The van der Waals surface area contributed by atoms with Gasteiger partial charge in [-0.1, -0.05) is 5.43 Å². The molecule has 120 valence electrons. The van der Waals surface area contributed by atoms with Gasteiger partial charge < -0.3 is 22.1 Å². The van der Waals surface area contributed by atoms with E-state index in [0.29, 0.717) is 12.8 Å². The lowest BCUT2D eigenvalue weighted by Gasteiger charge is -2.25. The van der Waals surface area contributed by atoms with Gasteiger partial charge in [-0.25, -0.2) is 15.1 Å². The minimum atomic E-state index is -0.782. The lowest BCUT2D eigenvalue weighted by Crippen LogP contribution is -2.50. The Labute approximate surface area is 122 Å². The lowest BCUT2D eigenvalue weighted by atomic mass is 10.1. The van der Waals surface area contributed by atoms with Crippen LogP contribution in [0.15, 0.2) is 4.99 Å². The van der Waals surface area contributed by atoms with Crippen molar-refractivity contribution in [2.24, 2.45) is 16.5 Å². The molecule has 0 radical (unpaired) electrons. The van der Waals surface area contributed by atoms with Crippen LogP contribution in [-0.4, -0.2) is 48.6 Å². The summed E-state index contributed by atoms with van der Waals surface area (Å²) < 4.78 is 0. The summed E-state index contributed by atoms with van der Waals surface area (Å²) in [6.07, 6.45) is 2.97. The van der Waals surface area contributed by atoms with Gasteiger partial charge in [-0.2, -0.15) is 0 Å². The van der Waals surface area contributed by atoms with Crippen molar-refractivity contribution in [3.8, 4) is 0 Å². The summed E-state index contributed by atoms with van der Waals surface area (Å²) in [5.41, 5.74) is 12.8. The molecule has 1 amide bonds. The van der Waals surface area contributed by atoms with E-state index in [9.17, 15) is 14.9 Å². The number of piperidine rings is 1. The number of nitrogens with one attached hydrogen (secondary N) is 3. The van der Waals surface area contributed by atoms with Crippen molar-refractivity contribution < 1.29 is 9.83 Å². The standard InChI is InChI=1S/C11H23N7O3/c12-9(4-2-6-15-11(13)17-18(20)21)10(19)16-8-3-1-5-14-7-8/h8-9,14H,1-7,12H2,(H,16,19)(H3,13,15,17)/t8-,9+/m1/s1. The van der Waals surface area contributed by atoms with Gasteiger partial charge in [-0.3, -0.25) is 4.79 Å². The van der Waals surface area contributed by atoms with Gasteiger partial charge in [0.1, 0.15) is 0 Å². The summed E-state index contributed by atoms with van der Waals surface area (Å²) in [5, 5.41) is 15.4. The molecule has 1 aliphatic rings. The molecule has 10 heteroatoms. The Morgan fingerprint density at radius 2 is 2.33 bits per heavy atom. The Balaban J connectivity index is 2.18. The highest BCUT2D eigenvalue weighted by atomic mass is 16.7. The third-order valence-electron chi connectivity index (χ3n) is 3.14. The van der Waals surface area contributed by atoms with E-state index < -0.39 is 11.1 Å². The number of hydrazine groups is 1. The molecule has 1 aliphatic heterocycles. The second-order valence-corrected chi connectivity index (χ2v) is 4.94. The molecule has 0 aromatic rings. The zero-order valence-electron chi connectivity index (χ0n) is 11.9. The van der Waals surface area contributed by atoms with E-state index in [1.165, 1.54) is 0 Å². The molecule has 10 nitrogen and oxygen atoms in total. The van der Waals surface area contributed by atoms with Crippen molar-refractivity contribution in [1.29, 1.82) is 0 Å². The topological polar surface area (TPSA) is 161 Å². The first-order chi connectivity index (χ1) is 9.99. The number of nitrogens with zero attached hydrogens (tertiary/aromatic N) is 2. The highest BCUT2D eigenvalue weighted by Gasteiger charge is 2.19. The van der Waals surface area contributed by atoms with Gasteiger partial charge in [-0.15, -0.1) is 0 Å². The fourth-order valence-electron chi connectivity index (χ4n) is 2.05. The van der Waals surface area contributed by atoms with Crippen LogP contribution in [0, 0.1) is 10.1 Å². The zero-order valence-corrected chi connectivity index (χ0v) is 11.9. The summed E-state index contributed by atoms with van der Waals surface area (Å²) in [7, 11) is 0. The highest BCUT2D eigenvalue weighted by Crippen LogP contribution is 2.02. The van der Waals surface area contributed by atoms with E-state index in [1.807, 2.05) is 0 Å². The first kappa shape index (κ1) is 17.1. The second kappa shape index (κ2) is 9.08. The Morgan fingerprint density at radius 3 is 2.95 bits per heavy atom. The summed E-state index contributed by atoms with van der Waals surface area (Å²) in [6, 6.07) is -0.470. The average Bonchev–Trinajstić information content (AvgIpc) is 2.43. The average molecular weight is 301 g/mol. The van der Waals surface area contributed by atoms with Crippen LogP contribution in [0.4, 0.5) is 0 Å². The number of carbonyl (C=O) groups excluding carboxylic acids is 1. The van der Waals surface area contributed by atoms with E-state index in [0.717, 1.165) is 25.9 Å². The van der Waals surface area contributed by atoms with Crippen molar-refractivity contribution in [1.82, 2.24) is 16.1 Å². The van der Waals surface area contributed by atoms with Crippen LogP contribution in [0.25, 0.3) is 0 Å². The van der Waals surface area contributed by atoms with E-state index in [-0.39, 0.29) is 24.5 Å². The number of nitrogens with two attached hydrogens (primary N) is 2. The fourth-order valence-corrected chi connectivity index (χ4v) is 2.05. The Hall–Kier alpha value is -1.94. The molecule has 0 bridgehead atoms. The zero-order chi connectivity index (χ0) is 15.7. The third-order valence-corrected chi connectivity index (χ3v) is 3.14. The summed E-state index contributed by atoms with van der Waals surface area (Å²) in [5.74, 6) is -0.435. The molecule has 0 aromatic carbocycles. The highest BCUT2D eigenvalue weighted by molar-refractivity contribution is 5.81. The molecule has 7 N–H and O–H groups in total. The van der Waals surface area contributed by atoms with Gasteiger partial charge in [0.15, 0.2) is 5.03 Å². The van der Waals surface area contributed by atoms with E-state index in [1.54, 1.807) is 5.43 Å². The second-order valence-electron chi connectivity index (χ2n) is 4.94. The maximum absolute atomic E-state index is 11.9. The van der Waals surface area contributed by atoms with Crippen molar-refractivity contribution >= 4 is 11.9 Å². The van der Waals surface area contributed by atoms with E-state index in [2.05, 4.69) is 15.6 Å². The summed E-state index contributed by atoms with van der Waals surface area (Å²) in [6.45, 7) is 2.03. The van der Waals surface area contributed by atoms with Gasteiger partial charge in [0, 0.05) is 19.1 Å². The maximum atomic E-state index is 11.9. The number of nitro groups is 1. The van der Waals surface area contributed by atoms with Crippen LogP contribution in [0.1, 0.15) is 25.7 Å². The first-order valence-corrected chi connectivity index (χ1v) is 6.96. The van der Waals surface area contributed by atoms with Crippen molar-refractivity contribution in [2.75, 3.05) is 19.6 Å². The molecule has 1 fully saturated rings. The largest absolute Gasteiger partial charge is 0.365 e. The van der Waals surface area contributed by atoms with Crippen LogP contribution >= 0.6 is 0 Å². The number of rotatable bonds is 7. The molecule has 0 saturated carbocycles. The third kappa shape index (κ3) is 7.42. The molecule has 1 heterocycles. The Morgan fingerprint density at radius 1 is 1.57 bits per heavy atom. The quantitative estimate of drug-likeness (QED) is 0.120. The van der Waals surface area contributed by atoms with Gasteiger partial charge >= 0.3 is 0 Å². The molecule has 1 saturated heterocycles. The van der Waals surface area contributed by atoms with Gasteiger partial charge in [0.25, 0.3) is 5.96 Å². The number of carbonyl (C=O) groups is 1. The van der Waals surface area contributed by atoms with Crippen molar-refractivity contribution in [2.45, 2.75) is 37.8 Å². The van der Waals surface area contributed by atoms with E-state index >= 15 is 0 Å². The van der Waals surface area contributed by atoms with Crippen LogP contribution in [0.5, 0.6) is 0 Å². The molecule has 21 heavy (non-hydrogen) atoms. The predicted molar refractivity (Wildman–Crippen MR) is 77.9 cm³/mol. The summed E-state index contributed by atoms with van der Waals surface area (Å²) >= 11 is 0. The molecular weight excluding hydrogens is 278 g/mol. The fraction of sp³-hybridized carbons (Fsp3) is 0.818. The number of guanidine groups is 1. The first-order valence-electron chi connectivity index (χ1n) is 6.96. The molecule has 0 spiro atoms. The molecular formula is C11H23N7O3. The summed E-state index contributed by atoms with van der Waals surface area (Å²) in [4.78, 5) is 25.7. The lowest BCUT2D eigenvalue weighted by molar-refractivity contribution is -0.525. The van der Waals surface area contributed by atoms with Crippen LogP contribution < -0.4 is 27.5 Å². The molecule has 0 unspecified atom stereocenters. The number of aliphatic imine (C=N–C) groups is 1. The minimum absolute atomic E-state index is 0.134. The number of hydrogen-bond donors (Lipinski definition) is 5. The van der Waals surface area contributed by atoms with Crippen LogP contribution in [0.3, 0.4) is 0 Å².